The highest BCUT2D eigenvalue weighted by atomic mass is 19.1. The van der Waals surface area contributed by atoms with Gasteiger partial charge in [0.25, 0.3) is 5.91 Å². The fraction of sp³-hybridized carbons (Fsp3) is 0.120. The predicted molar refractivity (Wildman–Crippen MR) is 121 cm³/mol. The summed E-state index contributed by atoms with van der Waals surface area (Å²) < 4.78 is 29.5. The molecule has 3 aromatic rings. The van der Waals surface area contributed by atoms with Crippen LogP contribution in [0.4, 0.5) is 4.39 Å². The van der Waals surface area contributed by atoms with Crippen LogP contribution in [0.5, 0.6) is 17.2 Å². The van der Waals surface area contributed by atoms with Crippen LogP contribution in [0.2, 0.25) is 0 Å². The lowest BCUT2D eigenvalue weighted by atomic mass is 10.2. The van der Waals surface area contributed by atoms with Crippen molar-refractivity contribution < 1.29 is 23.4 Å². The van der Waals surface area contributed by atoms with Crippen LogP contribution in [0.15, 0.2) is 84.5 Å². The number of amides is 1. The molecule has 0 spiro atoms. The smallest absolute Gasteiger partial charge is 0.271 e. The Hall–Kier alpha value is -4.13. The first-order chi connectivity index (χ1) is 15.6. The highest BCUT2D eigenvalue weighted by molar-refractivity contribution is 5.95. The van der Waals surface area contributed by atoms with Gasteiger partial charge < -0.3 is 14.2 Å². The Morgan fingerprint density at radius 2 is 1.88 bits per heavy atom. The number of nitrogens with one attached hydrogen (secondary N) is 1. The highest BCUT2D eigenvalue weighted by Gasteiger charge is 2.10. The maximum atomic E-state index is 13.0. The molecular weight excluding hydrogens is 411 g/mol. The zero-order valence-electron chi connectivity index (χ0n) is 17.6. The average molecular weight is 434 g/mol. The van der Waals surface area contributed by atoms with Crippen LogP contribution in [0.1, 0.15) is 21.5 Å². The number of benzene rings is 3. The van der Waals surface area contributed by atoms with E-state index in [2.05, 4.69) is 17.1 Å². The SMILES string of the molecule is C=CCOc1ccc(C(=O)N/N=C/c2cccc(OCc3ccc(F)cc3)c2)cc1OC. The minimum Gasteiger partial charge on any atom is -0.493 e. The van der Waals surface area contributed by atoms with Gasteiger partial charge in [-0.15, -0.1) is 0 Å². The monoisotopic (exact) mass is 434 g/mol. The van der Waals surface area contributed by atoms with Crippen molar-refractivity contribution in [3.05, 3.63) is 102 Å². The number of hydrogen-bond donors (Lipinski definition) is 1. The second-order valence-electron chi connectivity index (χ2n) is 6.65. The van der Waals surface area contributed by atoms with Crippen LogP contribution >= 0.6 is 0 Å². The maximum absolute atomic E-state index is 13.0. The number of ether oxygens (including phenoxy) is 3. The van der Waals surface area contributed by atoms with Gasteiger partial charge >= 0.3 is 0 Å². The molecule has 0 heterocycles. The first-order valence-corrected chi connectivity index (χ1v) is 9.81. The van der Waals surface area contributed by atoms with Gasteiger partial charge in [0, 0.05) is 5.56 Å². The number of nitrogens with zero attached hydrogens (tertiary/aromatic N) is 1. The second-order valence-corrected chi connectivity index (χ2v) is 6.65. The lowest BCUT2D eigenvalue weighted by Gasteiger charge is -2.10. The molecule has 0 atom stereocenters. The van der Waals surface area contributed by atoms with E-state index in [1.165, 1.54) is 25.5 Å². The van der Waals surface area contributed by atoms with Gasteiger partial charge in [-0.05, 0) is 53.6 Å². The van der Waals surface area contributed by atoms with Crippen molar-refractivity contribution in [3.8, 4) is 17.2 Å². The first-order valence-electron chi connectivity index (χ1n) is 9.81. The van der Waals surface area contributed by atoms with Crippen molar-refractivity contribution >= 4 is 12.1 Å². The number of carbonyl (C=O) groups excluding carboxylic acids is 1. The molecule has 3 aromatic carbocycles. The molecule has 6 nitrogen and oxygen atoms in total. The fourth-order valence-corrected chi connectivity index (χ4v) is 2.74. The van der Waals surface area contributed by atoms with E-state index >= 15 is 0 Å². The van der Waals surface area contributed by atoms with E-state index in [1.54, 1.807) is 42.5 Å². The van der Waals surface area contributed by atoms with Crippen molar-refractivity contribution in [2.24, 2.45) is 5.10 Å². The average Bonchev–Trinajstić information content (AvgIpc) is 2.82. The Morgan fingerprint density at radius 1 is 1.06 bits per heavy atom. The summed E-state index contributed by atoms with van der Waals surface area (Å²) in [6.45, 7) is 4.25. The second kappa shape index (κ2) is 11.3. The minimum atomic E-state index is -0.390. The molecule has 32 heavy (non-hydrogen) atoms. The first kappa shape index (κ1) is 22.6. The molecule has 164 valence electrons. The molecule has 0 aliphatic rings. The van der Waals surface area contributed by atoms with Crippen molar-refractivity contribution in [1.29, 1.82) is 0 Å². The van der Waals surface area contributed by atoms with Gasteiger partial charge in [0.15, 0.2) is 11.5 Å². The van der Waals surface area contributed by atoms with E-state index in [-0.39, 0.29) is 5.82 Å². The molecule has 0 radical (unpaired) electrons. The molecule has 0 bridgehead atoms. The van der Waals surface area contributed by atoms with E-state index in [9.17, 15) is 9.18 Å². The number of hydrazone groups is 1. The van der Waals surface area contributed by atoms with Crippen molar-refractivity contribution in [2.45, 2.75) is 6.61 Å². The third kappa shape index (κ3) is 6.43. The van der Waals surface area contributed by atoms with Crippen molar-refractivity contribution in [2.75, 3.05) is 13.7 Å². The van der Waals surface area contributed by atoms with Gasteiger partial charge in [-0.2, -0.15) is 5.10 Å². The highest BCUT2D eigenvalue weighted by Crippen LogP contribution is 2.28. The van der Waals surface area contributed by atoms with E-state index in [0.717, 1.165) is 11.1 Å². The van der Waals surface area contributed by atoms with Crippen LogP contribution in [0, 0.1) is 5.82 Å². The quantitative estimate of drug-likeness (QED) is 0.284. The normalized spacial score (nSPS) is 10.6. The summed E-state index contributed by atoms with van der Waals surface area (Å²) in [6, 6.07) is 18.2. The van der Waals surface area contributed by atoms with E-state index in [0.29, 0.717) is 36.0 Å². The molecule has 0 aliphatic heterocycles. The third-order valence-electron chi connectivity index (χ3n) is 4.34. The lowest BCUT2D eigenvalue weighted by molar-refractivity contribution is 0.0954. The molecule has 1 amide bonds. The Bertz CT molecular complexity index is 1100. The van der Waals surface area contributed by atoms with Gasteiger partial charge in [0.2, 0.25) is 0 Å². The number of hydrogen-bond acceptors (Lipinski definition) is 5. The summed E-state index contributed by atoms with van der Waals surface area (Å²) in [4.78, 5) is 12.4. The van der Waals surface area contributed by atoms with Gasteiger partial charge in [-0.25, -0.2) is 9.82 Å². The van der Waals surface area contributed by atoms with E-state index < -0.39 is 5.91 Å². The number of halogens is 1. The van der Waals surface area contributed by atoms with Crippen LogP contribution in [-0.4, -0.2) is 25.8 Å². The van der Waals surface area contributed by atoms with Crippen LogP contribution in [-0.2, 0) is 6.61 Å². The summed E-state index contributed by atoms with van der Waals surface area (Å²) in [7, 11) is 1.50. The molecule has 0 fully saturated rings. The summed E-state index contributed by atoms with van der Waals surface area (Å²) in [6.07, 6.45) is 3.14. The number of methoxy groups -OCH3 is 1. The van der Waals surface area contributed by atoms with Gasteiger partial charge in [0.05, 0.1) is 13.3 Å². The molecule has 0 saturated heterocycles. The summed E-state index contributed by atoms with van der Waals surface area (Å²) in [5, 5.41) is 4.01. The van der Waals surface area contributed by atoms with Crippen LogP contribution in [0.3, 0.4) is 0 Å². The summed E-state index contributed by atoms with van der Waals surface area (Å²) in [5.74, 6) is 0.909. The lowest BCUT2D eigenvalue weighted by Crippen LogP contribution is -2.17. The topological polar surface area (TPSA) is 69.2 Å². The Labute approximate surface area is 185 Å². The molecule has 0 aromatic heterocycles. The zero-order chi connectivity index (χ0) is 22.8. The molecule has 0 unspecified atom stereocenters. The van der Waals surface area contributed by atoms with Crippen molar-refractivity contribution in [1.82, 2.24) is 5.43 Å². The molecule has 1 N–H and O–H groups in total. The summed E-state index contributed by atoms with van der Waals surface area (Å²) in [5.41, 5.74) is 4.46. The van der Waals surface area contributed by atoms with Crippen molar-refractivity contribution in [3.63, 3.8) is 0 Å². The Kier molecular flexibility index (Phi) is 7.97. The minimum absolute atomic E-state index is 0.288. The maximum Gasteiger partial charge on any atom is 0.271 e. The zero-order valence-corrected chi connectivity index (χ0v) is 17.6. The largest absolute Gasteiger partial charge is 0.493 e. The van der Waals surface area contributed by atoms with E-state index in [1.807, 2.05) is 18.2 Å². The predicted octanol–water partition coefficient (Wildman–Crippen LogP) is 4.74. The molecule has 3 rings (SSSR count). The van der Waals surface area contributed by atoms with Crippen LogP contribution < -0.4 is 19.6 Å². The third-order valence-corrected chi connectivity index (χ3v) is 4.34. The standard InChI is InChI=1S/C25H23FN2O4/c1-3-13-31-23-12-9-20(15-24(23)30-2)25(29)28-27-16-19-5-4-6-22(14-19)32-17-18-7-10-21(26)11-8-18/h3-12,14-16H,1,13,17H2,2H3,(H,28,29)/b27-16+. The molecular formula is C25H23FN2O4. The Morgan fingerprint density at radius 3 is 2.62 bits per heavy atom. The van der Waals surface area contributed by atoms with E-state index in [4.69, 9.17) is 14.2 Å². The molecule has 0 saturated carbocycles. The van der Waals surface area contributed by atoms with Gasteiger partial charge in [-0.3, -0.25) is 4.79 Å². The molecule has 7 heteroatoms. The van der Waals surface area contributed by atoms with Crippen LogP contribution in [0.25, 0.3) is 0 Å². The molecule has 0 aliphatic carbocycles. The number of rotatable bonds is 10. The summed E-state index contributed by atoms with van der Waals surface area (Å²) >= 11 is 0. The van der Waals surface area contributed by atoms with Gasteiger partial charge in [0.1, 0.15) is 24.8 Å². The number of carbonyl (C=O) groups is 1. The fourth-order valence-electron chi connectivity index (χ4n) is 2.74. The van der Waals surface area contributed by atoms with Gasteiger partial charge in [-0.1, -0.05) is 36.9 Å². The Balaban J connectivity index is 1.58.